The van der Waals surface area contributed by atoms with E-state index in [1.807, 2.05) is 38.2 Å². The fraction of sp³-hybridized carbons (Fsp3) is 0.286. The molecule has 1 atom stereocenters. The predicted molar refractivity (Wildman–Crippen MR) is 71.1 cm³/mol. The van der Waals surface area contributed by atoms with Gasteiger partial charge in [-0.2, -0.15) is 0 Å². The largest absolute Gasteiger partial charge is 0.394 e. The van der Waals surface area contributed by atoms with Crippen LogP contribution in [0.15, 0.2) is 36.7 Å². The first-order chi connectivity index (χ1) is 8.76. The average Bonchev–Trinajstić information content (AvgIpc) is 2.42. The minimum atomic E-state index is -0.0259. The van der Waals surface area contributed by atoms with E-state index in [1.54, 1.807) is 12.4 Å². The Morgan fingerprint density at radius 3 is 2.39 bits per heavy atom. The highest BCUT2D eigenvalue weighted by Gasteiger charge is 2.08. The molecule has 1 heterocycles. The third-order valence-electron chi connectivity index (χ3n) is 3.00. The van der Waals surface area contributed by atoms with Crippen LogP contribution >= 0.6 is 0 Å². The highest BCUT2D eigenvalue weighted by Crippen LogP contribution is 2.21. The van der Waals surface area contributed by atoms with Crippen molar-refractivity contribution in [3.8, 4) is 11.3 Å². The smallest absolute Gasteiger partial charge is 0.0914 e. The van der Waals surface area contributed by atoms with Gasteiger partial charge in [-0.1, -0.05) is 24.3 Å². The van der Waals surface area contributed by atoms with Crippen LogP contribution in [0.4, 0.5) is 0 Å². The minimum absolute atomic E-state index is 0.0259. The zero-order chi connectivity index (χ0) is 13.0. The van der Waals surface area contributed by atoms with Crippen LogP contribution in [-0.2, 0) is 0 Å². The number of hydrogen-bond donors (Lipinski definition) is 2. The molecule has 1 aromatic heterocycles. The Bertz CT molecular complexity index is 507. The van der Waals surface area contributed by atoms with E-state index in [-0.39, 0.29) is 12.6 Å². The van der Waals surface area contributed by atoms with Gasteiger partial charge in [-0.05, 0) is 19.5 Å². The summed E-state index contributed by atoms with van der Waals surface area (Å²) in [5.74, 6) is 0. The first-order valence-electron chi connectivity index (χ1n) is 5.92. The second-order valence-corrected chi connectivity index (χ2v) is 4.14. The summed E-state index contributed by atoms with van der Waals surface area (Å²) in [5, 5.41) is 12.3. The van der Waals surface area contributed by atoms with Crippen molar-refractivity contribution in [1.29, 1.82) is 0 Å². The van der Waals surface area contributed by atoms with E-state index in [9.17, 15) is 5.11 Å². The molecule has 2 N–H and O–H groups in total. The lowest BCUT2D eigenvalue weighted by molar-refractivity contribution is 0.251. The molecule has 0 amide bonds. The molecule has 0 radical (unpaired) electrons. The Hall–Kier alpha value is -1.78. The van der Waals surface area contributed by atoms with Gasteiger partial charge in [0.25, 0.3) is 0 Å². The number of aromatic nitrogens is 2. The van der Waals surface area contributed by atoms with Gasteiger partial charge in [0.1, 0.15) is 0 Å². The van der Waals surface area contributed by atoms with E-state index in [2.05, 4.69) is 15.3 Å². The Morgan fingerprint density at radius 1 is 1.17 bits per heavy atom. The van der Waals surface area contributed by atoms with Crippen LogP contribution in [0.1, 0.15) is 17.3 Å². The number of aliphatic hydroxyl groups excluding tert-OH is 1. The van der Waals surface area contributed by atoms with Gasteiger partial charge < -0.3 is 10.4 Å². The van der Waals surface area contributed by atoms with Crippen LogP contribution in [0.25, 0.3) is 11.3 Å². The van der Waals surface area contributed by atoms with Crippen molar-refractivity contribution in [2.45, 2.75) is 13.0 Å². The van der Waals surface area contributed by atoms with Crippen molar-refractivity contribution in [2.24, 2.45) is 0 Å². The average molecular weight is 243 g/mol. The molecule has 4 heteroatoms. The topological polar surface area (TPSA) is 58.0 Å². The molecule has 0 spiro atoms. The van der Waals surface area contributed by atoms with E-state index in [4.69, 9.17) is 0 Å². The number of aliphatic hydroxyl groups is 1. The van der Waals surface area contributed by atoms with Gasteiger partial charge in [0.15, 0.2) is 0 Å². The molecule has 0 aliphatic carbocycles. The second kappa shape index (κ2) is 5.71. The van der Waals surface area contributed by atoms with Crippen molar-refractivity contribution in [2.75, 3.05) is 13.7 Å². The van der Waals surface area contributed by atoms with Gasteiger partial charge >= 0.3 is 0 Å². The number of nitrogens with zero attached hydrogens (tertiary/aromatic N) is 2. The highest BCUT2D eigenvalue weighted by molar-refractivity contribution is 5.61. The molecule has 0 bridgehead atoms. The predicted octanol–water partition coefficient (Wildman–Crippen LogP) is 1.70. The van der Waals surface area contributed by atoms with E-state index in [1.165, 1.54) is 0 Å². The van der Waals surface area contributed by atoms with Gasteiger partial charge in [0.05, 0.1) is 24.0 Å². The van der Waals surface area contributed by atoms with Crippen LogP contribution in [0, 0.1) is 6.92 Å². The Kier molecular flexibility index (Phi) is 4.02. The maximum Gasteiger partial charge on any atom is 0.0914 e. The second-order valence-electron chi connectivity index (χ2n) is 4.14. The summed E-state index contributed by atoms with van der Waals surface area (Å²) in [6.07, 6.45) is 3.39. The molecule has 1 aromatic carbocycles. The lowest BCUT2D eigenvalue weighted by Gasteiger charge is -2.14. The van der Waals surface area contributed by atoms with Crippen molar-refractivity contribution < 1.29 is 5.11 Å². The van der Waals surface area contributed by atoms with Gasteiger partial charge in [0, 0.05) is 18.0 Å². The molecule has 2 rings (SSSR count). The van der Waals surface area contributed by atoms with Crippen LogP contribution in [0.2, 0.25) is 0 Å². The molecule has 18 heavy (non-hydrogen) atoms. The highest BCUT2D eigenvalue weighted by atomic mass is 16.3. The summed E-state index contributed by atoms with van der Waals surface area (Å²) in [7, 11) is 1.83. The van der Waals surface area contributed by atoms with Crippen molar-refractivity contribution in [1.82, 2.24) is 15.3 Å². The van der Waals surface area contributed by atoms with E-state index >= 15 is 0 Å². The van der Waals surface area contributed by atoms with E-state index < -0.39 is 0 Å². The van der Waals surface area contributed by atoms with Crippen LogP contribution < -0.4 is 5.32 Å². The van der Waals surface area contributed by atoms with Crippen molar-refractivity contribution in [3.05, 3.63) is 47.9 Å². The van der Waals surface area contributed by atoms with Crippen LogP contribution in [0.5, 0.6) is 0 Å². The maximum atomic E-state index is 9.23. The molecule has 0 saturated heterocycles. The first-order valence-corrected chi connectivity index (χ1v) is 5.92. The number of likely N-dealkylation sites (N-methyl/N-ethyl adjacent to an activating group) is 1. The fourth-order valence-electron chi connectivity index (χ4n) is 1.93. The lowest BCUT2D eigenvalue weighted by atomic mass is 10.0. The van der Waals surface area contributed by atoms with Gasteiger partial charge in [-0.15, -0.1) is 0 Å². The Balaban J connectivity index is 2.30. The molecule has 0 aliphatic heterocycles. The number of hydrogen-bond acceptors (Lipinski definition) is 4. The molecular weight excluding hydrogens is 226 g/mol. The number of nitrogens with one attached hydrogen (secondary N) is 1. The maximum absolute atomic E-state index is 9.23. The van der Waals surface area contributed by atoms with Crippen molar-refractivity contribution >= 4 is 0 Å². The number of benzene rings is 1. The third kappa shape index (κ3) is 2.55. The fourth-order valence-corrected chi connectivity index (χ4v) is 1.93. The molecule has 4 nitrogen and oxygen atoms in total. The molecule has 0 unspecified atom stereocenters. The summed E-state index contributed by atoms with van der Waals surface area (Å²) in [4.78, 5) is 8.57. The van der Waals surface area contributed by atoms with Gasteiger partial charge in [-0.3, -0.25) is 9.97 Å². The SMILES string of the molecule is CN[C@@H](CO)c1ccc(-c2nccnc2C)cc1. The Morgan fingerprint density at radius 2 is 1.83 bits per heavy atom. The third-order valence-corrected chi connectivity index (χ3v) is 3.00. The van der Waals surface area contributed by atoms with Crippen molar-refractivity contribution in [3.63, 3.8) is 0 Å². The quantitative estimate of drug-likeness (QED) is 0.858. The van der Waals surface area contributed by atoms with Crippen LogP contribution in [-0.4, -0.2) is 28.7 Å². The molecular formula is C14H17N3O. The summed E-state index contributed by atoms with van der Waals surface area (Å²) < 4.78 is 0. The summed E-state index contributed by atoms with van der Waals surface area (Å²) in [6.45, 7) is 2.03. The minimum Gasteiger partial charge on any atom is -0.394 e. The van der Waals surface area contributed by atoms with Gasteiger partial charge in [0.2, 0.25) is 0 Å². The van der Waals surface area contributed by atoms with Gasteiger partial charge in [-0.25, -0.2) is 0 Å². The van der Waals surface area contributed by atoms with E-state index in [0.29, 0.717) is 0 Å². The normalized spacial score (nSPS) is 12.4. The zero-order valence-electron chi connectivity index (χ0n) is 10.6. The summed E-state index contributed by atoms with van der Waals surface area (Å²) >= 11 is 0. The molecule has 0 fully saturated rings. The Labute approximate surface area is 107 Å². The standard InChI is InChI=1S/C14H17N3O/c1-10-14(17-8-7-16-10)12-5-3-11(4-6-12)13(9-18)15-2/h3-8,13,15,18H,9H2,1-2H3/t13-/m0/s1. The lowest BCUT2D eigenvalue weighted by Crippen LogP contribution is -2.19. The molecule has 0 saturated carbocycles. The number of rotatable bonds is 4. The summed E-state index contributed by atoms with van der Waals surface area (Å²) in [5.41, 5.74) is 3.91. The van der Waals surface area contributed by atoms with Crippen LogP contribution in [0.3, 0.4) is 0 Å². The number of aryl methyl sites for hydroxylation is 1. The summed E-state index contributed by atoms with van der Waals surface area (Å²) in [6, 6.07) is 7.99. The zero-order valence-corrected chi connectivity index (χ0v) is 10.6. The molecule has 94 valence electrons. The monoisotopic (exact) mass is 243 g/mol. The first kappa shape index (κ1) is 12.7. The molecule has 0 aliphatic rings. The molecule has 2 aromatic rings. The van der Waals surface area contributed by atoms with E-state index in [0.717, 1.165) is 22.5 Å².